The third-order valence-electron chi connectivity index (χ3n) is 6.14. The molecule has 3 aromatic carbocycles. The second-order valence-electron chi connectivity index (χ2n) is 8.06. The fraction of sp³-hybridized carbons (Fsp3) is 0.320. The van der Waals surface area contributed by atoms with Crippen molar-refractivity contribution in [2.75, 3.05) is 0 Å². The summed E-state index contributed by atoms with van der Waals surface area (Å²) in [4.78, 5) is 11.1. The molecule has 4 rings (SSSR count). The molecule has 0 saturated heterocycles. The first kappa shape index (κ1) is 19.6. The minimum Gasteiger partial charge on any atom is -0.478 e. The molecule has 2 unspecified atom stereocenters. The van der Waals surface area contributed by atoms with Crippen LogP contribution in [0.15, 0.2) is 60.7 Å². The zero-order chi connectivity index (χ0) is 20.4. The molecule has 150 valence electrons. The molecule has 0 aromatic heterocycles. The average Bonchev–Trinajstić information content (AvgIpc) is 2.73. The van der Waals surface area contributed by atoms with E-state index in [4.69, 9.17) is 5.11 Å². The van der Waals surface area contributed by atoms with E-state index in [1.54, 1.807) is 6.07 Å². The first-order chi connectivity index (χ1) is 14.0. The summed E-state index contributed by atoms with van der Waals surface area (Å²) >= 11 is 0. The Labute approximate surface area is 170 Å². The molecule has 1 aliphatic carbocycles. The van der Waals surface area contributed by atoms with E-state index < -0.39 is 11.8 Å². The largest absolute Gasteiger partial charge is 0.478 e. The number of carboxylic acid groups (broad SMARTS) is 1. The number of carboxylic acids is 1. The molecule has 3 atom stereocenters. The number of nitrogens with one attached hydrogen (secondary N) is 1. The van der Waals surface area contributed by atoms with E-state index in [-0.39, 0.29) is 17.5 Å². The van der Waals surface area contributed by atoms with Crippen LogP contribution in [0.25, 0.3) is 10.8 Å². The Balaban J connectivity index is 1.49. The molecule has 0 spiro atoms. The zero-order valence-corrected chi connectivity index (χ0v) is 16.6. The number of aromatic carboxylic acids is 1. The zero-order valence-electron chi connectivity index (χ0n) is 16.6. The van der Waals surface area contributed by atoms with Gasteiger partial charge in [0.1, 0.15) is 5.82 Å². The first-order valence-corrected chi connectivity index (χ1v) is 10.3. The maximum Gasteiger partial charge on any atom is 0.338 e. The summed E-state index contributed by atoms with van der Waals surface area (Å²) in [6.45, 7) is 2.20. The van der Waals surface area contributed by atoms with E-state index in [9.17, 15) is 9.18 Å². The maximum atomic E-state index is 14.1. The lowest BCUT2D eigenvalue weighted by molar-refractivity contribution is 0.0692. The molecule has 4 heteroatoms. The van der Waals surface area contributed by atoms with Crippen LogP contribution < -0.4 is 5.32 Å². The van der Waals surface area contributed by atoms with E-state index in [0.717, 1.165) is 31.2 Å². The third kappa shape index (κ3) is 4.18. The van der Waals surface area contributed by atoms with Crippen LogP contribution >= 0.6 is 0 Å². The van der Waals surface area contributed by atoms with Gasteiger partial charge in [-0.15, -0.1) is 0 Å². The highest BCUT2D eigenvalue weighted by atomic mass is 19.1. The van der Waals surface area contributed by atoms with Crippen molar-refractivity contribution in [3.8, 4) is 0 Å². The molecule has 0 amide bonds. The fourth-order valence-corrected chi connectivity index (χ4v) is 4.67. The number of hydrogen-bond donors (Lipinski definition) is 2. The Morgan fingerprint density at radius 1 is 1.10 bits per heavy atom. The minimum atomic E-state index is -1.22. The van der Waals surface area contributed by atoms with Gasteiger partial charge < -0.3 is 10.4 Å². The Morgan fingerprint density at radius 3 is 2.69 bits per heavy atom. The summed E-state index contributed by atoms with van der Waals surface area (Å²) in [6.07, 6.45) is 4.11. The van der Waals surface area contributed by atoms with Gasteiger partial charge in [-0.25, -0.2) is 9.18 Å². The standard InChI is InChI=1S/C25H26FNO2/c1-16(21-11-5-7-17-6-2-3-10-22(17)21)27-20-9-4-8-18(14-20)19-12-13-23(25(28)29)24(26)15-19/h2-3,5-7,10-13,15-16,18,20,27H,4,8-9,14H2,1H3,(H,28,29)/t16-,18?,20?/m1/s1. The molecule has 3 aromatic rings. The van der Waals surface area contributed by atoms with Crippen LogP contribution in [0.4, 0.5) is 4.39 Å². The van der Waals surface area contributed by atoms with Gasteiger partial charge in [0.15, 0.2) is 0 Å². The summed E-state index contributed by atoms with van der Waals surface area (Å²) in [5, 5.41) is 15.3. The van der Waals surface area contributed by atoms with Gasteiger partial charge in [-0.3, -0.25) is 0 Å². The number of halogens is 1. The van der Waals surface area contributed by atoms with Crippen LogP contribution in [0.3, 0.4) is 0 Å². The fourth-order valence-electron chi connectivity index (χ4n) is 4.67. The Bertz CT molecular complexity index is 1030. The third-order valence-corrected chi connectivity index (χ3v) is 6.14. The first-order valence-electron chi connectivity index (χ1n) is 10.3. The van der Waals surface area contributed by atoms with Crippen molar-refractivity contribution in [3.63, 3.8) is 0 Å². The van der Waals surface area contributed by atoms with Crippen LogP contribution in [0.5, 0.6) is 0 Å². The Hall–Kier alpha value is -2.72. The molecule has 1 saturated carbocycles. The molecule has 0 aliphatic heterocycles. The molecule has 0 heterocycles. The van der Waals surface area contributed by atoms with Crippen molar-refractivity contribution in [1.29, 1.82) is 0 Å². The molecule has 0 bridgehead atoms. The lowest BCUT2D eigenvalue weighted by Gasteiger charge is -2.32. The second-order valence-corrected chi connectivity index (χ2v) is 8.06. The topological polar surface area (TPSA) is 49.3 Å². The quantitative estimate of drug-likeness (QED) is 0.556. The monoisotopic (exact) mass is 391 g/mol. The van der Waals surface area contributed by atoms with E-state index in [2.05, 4.69) is 54.7 Å². The molecule has 1 fully saturated rings. The van der Waals surface area contributed by atoms with Crippen LogP contribution in [0, 0.1) is 5.82 Å². The van der Waals surface area contributed by atoms with Crippen molar-refractivity contribution in [2.24, 2.45) is 0 Å². The van der Waals surface area contributed by atoms with Crippen LogP contribution in [-0.2, 0) is 0 Å². The summed E-state index contributed by atoms with van der Waals surface area (Å²) in [6, 6.07) is 20.0. The van der Waals surface area contributed by atoms with E-state index in [0.29, 0.717) is 6.04 Å². The van der Waals surface area contributed by atoms with Gasteiger partial charge in [-0.2, -0.15) is 0 Å². The molecular weight excluding hydrogens is 365 g/mol. The average molecular weight is 391 g/mol. The van der Waals surface area contributed by atoms with Crippen molar-refractivity contribution in [1.82, 2.24) is 5.32 Å². The molecule has 3 nitrogen and oxygen atoms in total. The van der Waals surface area contributed by atoms with Gasteiger partial charge in [-0.05, 0) is 66.1 Å². The van der Waals surface area contributed by atoms with Gasteiger partial charge in [0.05, 0.1) is 5.56 Å². The number of hydrogen-bond acceptors (Lipinski definition) is 2. The maximum absolute atomic E-state index is 14.1. The summed E-state index contributed by atoms with van der Waals surface area (Å²) in [7, 11) is 0. The molecular formula is C25H26FNO2. The van der Waals surface area contributed by atoms with Crippen LogP contribution in [-0.4, -0.2) is 17.1 Å². The molecule has 0 radical (unpaired) electrons. The van der Waals surface area contributed by atoms with Gasteiger partial charge >= 0.3 is 5.97 Å². The molecule has 29 heavy (non-hydrogen) atoms. The summed E-state index contributed by atoms with van der Waals surface area (Å²) < 4.78 is 14.1. The normalized spacial score (nSPS) is 20.5. The second kappa shape index (κ2) is 8.34. The van der Waals surface area contributed by atoms with Crippen molar-refractivity contribution >= 4 is 16.7 Å². The molecule has 2 N–H and O–H groups in total. The van der Waals surface area contributed by atoms with E-state index in [1.807, 2.05) is 0 Å². The van der Waals surface area contributed by atoms with Gasteiger partial charge in [0, 0.05) is 12.1 Å². The predicted molar refractivity (Wildman–Crippen MR) is 114 cm³/mol. The lowest BCUT2D eigenvalue weighted by Crippen LogP contribution is -2.35. The molecule has 1 aliphatic rings. The highest BCUT2D eigenvalue weighted by Crippen LogP contribution is 2.35. The smallest absolute Gasteiger partial charge is 0.338 e. The van der Waals surface area contributed by atoms with Crippen molar-refractivity contribution in [2.45, 2.75) is 50.6 Å². The highest BCUT2D eigenvalue weighted by Gasteiger charge is 2.26. The van der Waals surface area contributed by atoms with Crippen molar-refractivity contribution in [3.05, 3.63) is 83.2 Å². The van der Waals surface area contributed by atoms with Crippen LogP contribution in [0.1, 0.15) is 66.1 Å². The summed E-state index contributed by atoms with van der Waals surface area (Å²) in [5.74, 6) is -1.62. The number of carbonyl (C=O) groups is 1. The van der Waals surface area contributed by atoms with E-state index in [1.165, 1.54) is 28.5 Å². The number of benzene rings is 3. The number of rotatable bonds is 5. The van der Waals surface area contributed by atoms with Gasteiger partial charge in [-0.1, -0.05) is 55.0 Å². The Morgan fingerprint density at radius 2 is 1.90 bits per heavy atom. The van der Waals surface area contributed by atoms with Gasteiger partial charge in [0.2, 0.25) is 0 Å². The minimum absolute atomic E-state index is 0.218. The predicted octanol–water partition coefficient (Wildman–Crippen LogP) is 6.05. The Kier molecular flexibility index (Phi) is 5.63. The van der Waals surface area contributed by atoms with Crippen molar-refractivity contribution < 1.29 is 14.3 Å². The lowest BCUT2D eigenvalue weighted by atomic mass is 9.80. The van der Waals surface area contributed by atoms with Gasteiger partial charge in [0.25, 0.3) is 0 Å². The highest BCUT2D eigenvalue weighted by molar-refractivity contribution is 5.88. The SMILES string of the molecule is C[C@@H](NC1CCCC(c2ccc(C(=O)O)c(F)c2)C1)c1cccc2ccccc12. The van der Waals surface area contributed by atoms with Crippen LogP contribution in [0.2, 0.25) is 0 Å². The van der Waals surface area contributed by atoms with E-state index >= 15 is 0 Å². The number of fused-ring (bicyclic) bond motifs is 1. The summed E-state index contributed by atoms with van der Waals surface area (Å²) in [5.41, 5.74) is 1.93.